The minimum atomic E-state index is -3.94. The SMILES string of the molecule is COC(=O)c1ccc(C[C@H](NC(=O)C2CCCC2P(=O)(O)C(C)NC(C)=O)C(=O)Nc2ccccc2)cc1. The van der Waals surface area contributed by atoms with Gasteiger partial charge in [0.25, 0.3) is 0 Å². The normalized spacial score (nSPS) is 19.9. The van der Waals surface area contributed by atoms with Crippen LogP contribution in [0.4, 0.5) is 5.69 Å². The lowest BCUT2D eigenvalue weighted by atomic mass is 10.0. The van der Waals surface area contributed by atoms with Crippen LogP contribution < -0.4 is 16.0 Å². The van der Waals surface area contributed by atoms with Crippen molar-refractivity contribution in [2.45, 2.75) is 57.0 Å². The lowest BCUT2D eigenvalue weighted by Crippen LogP contribution is -2.48. The average molecular weight is 544 g/mol. The van der Waals surface area contributed by atoms with E-state index < -0.39 is 54.5 Å². The van der Waals surface area contributed by atoms with Crippen LogP contribution in [0.2, 0.25) is 0 Å². The number of amides is 3. The molecule has 2 aromatic carbocycles. The molecule has 1 aliphatic carbocycles. The van der Waals surface area contributed by atoms with Gasteiger partial charge in [-0.3, -0.25) is 18.9 Å². The van der Waals surface area contributed by atoms with Crippen LogP contribution in [0.15, 0.2) is 54.6 Å². The van der Waals surface area contributed by atoms with E-state index in [1.807, 2.05) is 6.07 Å². The summed E-state index contributed by atoms with van der Waals surface area (Å²) < 4.78 is 18.0. The van der Waals surface area contributed by atoms with Crippen LogP contribution in [0.1, 0.15) is 49.0 Å². The van der Waals surface area contributed by atoms with Gasteiger partial charge >= 0.3 is 5.97 Å². The Morgan fingerprint density at radius 1 is 1.03 bits per heavy atom. The highest BCUT2D eigenvalue weighted by Gasteiger charge is 2.47. The minimum Gasteiger partial charge on any atom is -0.465 e. The first-order valence-electron chi connectivity index (χ1n) is 12.5. The van der Waals surface area contributed by atoms with Crippen LogP contribution in [0.25, 0.3) is 0 Å². The van der Waals surface area contributed by atoms with Gasteiger partial charge in [-0.1, -0.05) is 36.8 Å². The van der Waals surface area contributed by atoms with Crippen molar-refractivity contribution < 1.29 is 33.4 Å². The number of ether oxygens (including phenoxy) is 1. The maximum absolute atomic E-state index is 13.4. The minimum absolute atomic E-state index is 0.127. The number of hydrogen-bond acceptors (Lipinski definition) is 6. The maximum Gasteiger partial charge on any atom is 0.337 e. The molecule has 1 fully saturated rings. The van der Waals surface area contributed by atoms with E-state index in [4.69, 9.17) is 4.74 Å². The highest BCUT2D eigenvalue weighted by molar-refractivity contribution is 7.59. The molecule has 0 bridgehead atoms. The van der Waals surface area contributed by atoms with Crippen LogP contribution in [-0.2, 0) is 30.1 Å². The maximum atomic E-state index is 13.4. The Kier molecular flexibility index (Phi) is 9.83. The summed E-state index contributed by atoms with van der Waals surface area (Å²) in [4.78, 5) is 60.7. The number of methoxy groups -OCH3 is 1. The molecule has 0 radical (unpaired) electrons. The third-order valence-corrected chi connectivity index (χ3v) is 9.56. The number of hydrogen-bond donors (Lipinski definition) is 4. The zero-order valence-corrected chi connectivity index (χ0v) is 22.6. The molecule has 2 aromatic rings. The summed E-state index contributed by atoms with van der Waals surface area (Å²) in [6.45, 7) is 2.73. The summed E-state index contributed by atoms with van der Waals surface area (Å²) in [7, 11) is -2.65. The summed E-state index contributed by atoms with van der Waals surface area (Å²) >= 11 is 0. The number of anilines is 1. The summed E-state index contributed by atoms with van der Waals surface area (Å²) in [6.07, 6.45) is 1.47. The Balaban J connectivity index is 1.81. The number of carbonyl (C=O) groups is 4. The molecule has 0 aromatic heterocycles. The Morgan fingerprint density at radius 3 is 2.29 bits per heavy atom. The van der Waals surface area contributed by atoms with E-state index in [0.717, 1.165) is 0 Å². The monoisotopic (exact) mass is 543 g/mol. The van der Waals surface area contributed by atoms with E-state index in [-0.39, 0.29) is 6.42 Å². The van der Waals surface area contributed by atoms with E-state index in [1.54, 1.807) is 48.5 Å². The second kappa shape index (κ2) is 12.8. The summed E-state index contributed by atoms with van der Waals surface area (Å²) in [5.74, 6) is -3.63. The summed E-state index contributed by atoms with van der Waals surface area (Å²) in [6, 6.07) is 14.3. The first-order chi connectivity index (χ1) is 18.0. The predicted molar refractivity (Wildman–Crippen MR) is 143 cm³/mol. The van der Waals surface area contributed by atoms with Gasteiger partial charge in [-0.15, -0.1) is 0 Å². The van der Waals surface area contributed by atoms with Crippen molar-refractivity contribution in [2.75, 3.05) is 12.4 Å². The van der Waals surface area contributed by atoms with Crippen molar-refractivity contribution in [1.29, 1.82) is 0 Å². The molecule has 4 unspecified atom stereocenters. The van der Waals surface area contributed by atoms with Gasteiger partial charge in [0.15, 0.2) is 0 Å². The fourth-order valence-electron chi connectivity index (χ4n) is 4.73. The number of para-hydroxylation sites is 1. The molecule has 0 saturated heterocycles. The van der Waals surface area contributed by atoms with Crippen LogP contribution in [0.5, 0.6) is 0 Å². The molecular formula is C27H34N3O7P. The third kappa shape index (κ3) is 7.30. The summed E-state index contributed by atoms with van der Waals surface area (Å²) in [5.41, 5.74) is 0.773. The number of benzene rings is 2. The number of rotatable bonds is 10. The zero-order chi connectivity index (χ0) is 27.9. The lowest BCUT2D eigenvalue weighted by molar-refractivity contribution is -0.129. The van der Waals surface area contributed by atoms with E-state index in [1.165, 1.54) is 21.0 Å². The fraction of sp³-hybridized carbons (Fsp3) is 0.407. The fourth-order valence-corrected chi connectivity index (χ4v) is 7.03. The van der Waals surface area contributed by atoms with E-state index in [0.29, 0.717) is 36.1 Å². The molecule has 0 spiro atoms. The van der Waals surface area contributed by atoms with Crippen molar-refractivity contribution in [1.82, 2.24) is 10.6 Å². The van der Waals surface area contributed by atoms with Gasteiger partial charge < -0.3 is 25.6 Å². The van der Waals surface area contributed by atoms with Gasteiger partial charge in [0.1, 0.15) is 11.8 Å². The smallest absolute Gasteiger partial charge is 0.337 e. The highest BCUT2D eigenvalue weighted by atomic mass is 31.2. The molecule has 4 N–H and O–H groups in total. The van der Waals surface area contributed by atoms with Crippen LogP contribution in [-0.4, -0.2) is 53.2 Å². The second-order valence-corrected chi connectivity index (χ2v) is 12.2. The largest absolute Gasteiger partial charge is 0.465 e. The number of nitrogens with one attached hydrogen (secondary N) is 3. The quantitative estimate of drug-likeness (QED) is 0.266. The molecule has 1 saturated carbocycles. The molecule has 5 atom stereocenters. The zero-order valence-electron chi connectivity index (χ0n) is 21.7. The average Bonchev–Trinajstić information content (AvgIpc) is 3.39. The Morgan fingerprint density at radius 2 is 1.68 bits per heavy atom. The van der Waals surface area contributed by atoms with Crippen molar-refractivity contribution in [2.24, 2.45) is 5.92 Å². The molecule has 0 aliphatic heterocycles. The molecule has 10 nitrogen and oxygen atoms in total. The van der Waals surface area contributed by atoms with Gasteiger partial charge in [-0.25, -0.2) is 4.79 Å². The van der Waals surface area contributed by atoms with Gasteiger partial charge in [-0.2, -0.15) is 0 Å². The first kappa shape index (κ1) is 29.1. The number of esters is 1. The first-order valence-corrected chi connectivity index (χ1v) is 14.3. The molecule has 11 heteroatoms. The van der Waals surface area contributed by atoms with Crippen LogP contribution in [0, 0.1) is 5.92 Å². The van der Waals surface area contributed by atoms with Crippen LogP contribution >= 0.6 is 7.37 Å². The lowest BCUT2D eigenvalue weighted by Gasteiger charge is -2.30. The summed E-state index contributed by atoms with van der Waals surface area (Å²) in [5, 5.41) is 8.07. The molecular weight excluding hydrogens is 509 g/mol. The topological polar surface area (TPSA) is 151 Å². The number of carbonyl (C=O) groups excluding carboxylic acids is 4. The predicted octanol–water partition coefficient (Wildman–Crippen LogP) is 3.06. The van der Waals surface area contributed by atoms with Gasteiger partial charge in [0, 0.05) is 30.6 Å². The van der Waals surface area contributed by atoms with Crippen molar-refractivity contribution in [3.05, 3.63) is 65.7 Å². The standard InChI is InChI=1S/C27H34N3O7P/c1-17(31)28-18(2)38(35,36)24-11-7-10-22(24)25(32)30-23(26(33)29-21-8-5-4-6-9-21)16-19-12-14-20(15-13-19)27(34)37-3/h4-6,8-9,12-15,18,22-24H,7,10-11,16H2,1-3H3,(H,28,31)(H,29,33)(H,30,32)(H,35,36)/t18?,22?,23-,24?/m0/s1. The molecule has 3 amide bonds. The van der Waals surface area contributed by atoms with Gasteiger partial charge in [0.05, 0.1) is 12.7 Å². The second-order valence-electron chi connectivity index (χ2n) is 9.46. The molecule has 38 heavy (non-hydrogen) atoms. The van der Waals surface area contributed by atoms with Crippen molar-refractivity contribution in [3.63, 3.8) is 0 Å². The Hall–Kier alpha value is -3.49. The molecule has 1 aliphatic rings. The highest BCUT2D eigenvalue weighted by Crippen LogP contribution is 2.57. The van der Waals surface area contributed by atoms with Gasteiger partial charge in [0.2, 0.25) is 25.1 Å². The van der Waals surface area contributed by atoms with Crippen molar-refractivity contribution in [3.8, 4) is 0 Å². The van der Waals surface area contributed by atoms with Crippen molar-refractivity contribution >= 4 is 36.7 Å². The van der Waals surface area contributed by atoms with E-state index in [9.17, 15) is 28.6 Å². The molecule has 3 rings (SSSR count). The molecule has 204 valence electrons. The Bertz CT molecular complexity index is 1200. The van der Waals surface area contributed by atoms with E-state index in [2.05, 4.69) is 16.0 Å². The van der Waals surface area contributed by atoms with E-state index >= 15 is 0 Å². The third-order valence-electron chi connectivity index (χ3n) is 6.75. The Labute approximate surface area is 222 Å². The van der Waals surface area contributed by atoms with Crippen LogP contribution in [0.3, 0.4) is 0 Å². The molecule has 0 heterocycles. The van der Waals surface area contributed by atoms with Gasteiger partial charge in [-0.05, 0) is 49.6 Å².